The maximum absolute atomic E-state index is 4.31. The average molecular weight is 250 g/mol. The third kappa shape index (κ3) is 2.93. The lowest BCUT2D eigenvalue weighted by Gasteiger charge is -2.32. The van der Waals surface area contributed by atoms with Crippen LogP contribution in [0.1, 0.15) is 39.3 Å². The molecule has 0 bridgehead atoms. The Kier molecular flexibility index (Phi) is 4.40. The zero-order valence-corrected chi connectivity index (χ0v) is 12.1. The third-order valence-electron chi connectivity index (χ3n) is 3.87. The first-order chi connectivity index (χ1) is 8.59. The van der Waals surface area contributed by atoms with Crippen LogP contribution in [0.3, 0.4) is 0 Å². The Morgan fingerprint density at radius 3 is 2.50 bits per heavy atom. The van der Waals surface area contributed by atoms with Gasteiger partial charge in [-0.05, 0) is 27.7 Å². The van der Waals surface area contributed by atoms with E-state index >= 15 is 0 Å². The number of hydrogen-bond acceptors (Lipinski definition) is 3. The van der Waals surface area contributed by atoms with Gasteiger partial charge in [0, 0.05) is 56.1 Å². The highest BCUT2D eigenvalue weighted by molar-refractivity contribution is 5.11. The van der Waals surface area contributed by atoms with Gasteiger partial charge in [0.15, 0.2) is 0 Å². The van der Waals surface area contributed by atoms with E-state index in [1.807, 2.05) is 12.5 Å². The summed E-state index contributed by atoms with van der Waals surface area (Å²) in [5.41, 5.74) is 1.39. The van der Waals surface area contributed by atoms with Crippen LogP contribution in [-0.4, -0.2) is 46.2 Å². The van der Waals surface area contributed by atoms with Gasteiger partial charge >= 0.3 is 0 Å². The van der Waals surface area contributed by atoms with Gasteiger partial charge in [-0.15, -0.1) is 0 Å². The first-order valence-electron chi connectivity index (χ1n) is 7.06. The molecule has 102 valence electrons. The highest BCUT2D eigenvalue weighted by Gasteiger charge is 2.22. The van der Waals surface area contributed by atoms with E-state index in [1.54, 1.807) is 0 Å². The maximum Gasteiger partial charge on any atom is 0.0948 e. The normalized spacial score (nSPS) is 16.8. The van der Waals surface area contributed by atoms with Gasteiger partial charge in [-0.2, -0.15) is 0 Å². The van der Waals surface area contributed by atoms with Crippen LogP contribution in [-0.2, 0) is 6.54 Å². The third-order valence-corrected chi connectivity index (χ3v) is 3.87. The van der Waals surface area contributed by atoms with Crippen molar-refractivity contribution in [3.8, 4) is 0 Å². The summed E-state index contributed by atoms with van der Waals surface area (Å²) in [5, 5.41) is 3.33. The van der Waals surface area contributed by atoms with Gasteiger partial charge in [0.25, 0.3) is 0 Å². The summed E-state index contributed by atoms with van der Waals surface area (Å²) < 4.78 is 2.32. The van der Waals surface area contributed by atoms with E-state index in [-0.39, 0.29) is 0 Å². The summed E-state index contributed by atoms with van der Waals surface area (Å²) in [4.78, 5) is 6.84. The molecule has 4 nitrogen and oxygen atoms in total. The molecule has 1 aromatic rings. The molecule has 0 saturated carbocycles. The topological polar surface area (TPSA) is 33.1 Å². The molecule has 18 heavy (non-hydrogen) atoms. The highest BCUT2D eigenvalue weighted by Crippen LogP contribution is 2.19. The number of imidazole rings is 1. The molecule has 2 heterocycles. The Bertz CT molecular complexity index is 358. The van der Waals surface area contributed by atoms with Gasteiger partial charge in [0.2, 0.25) is 0 Å². The predicted octanol–water partition coefficient (Wildman–Crippen LogP) is 1.69. The minimum Gasteiger partial charge on any atom is -0.333 e. The fourth-order valence-corrected chi connectivity index (χ4v) is 2.69. The van der Waals surface area contributed by atoms with Crippen molar-refractivity contribution < 1.29 is 0 Å². The van der Waals surface area contributed by atoms with Crippen molar-refractivity contribution in [2.45, 2.75) is 52.2 Å². The lowest BCUT2D eigenvalue weighted by Crippen LogP contribution is -2.42. The van der Waals surface area contributed by atoms with Crippen molar-refractivity contribution in [3.63, 3.8) is 0 Å². The molecule has 1 saturated heterocycles. The summed E-state index contributed by atoms with van der Waals surface area (Å²) in [6, 6.07) is 1.20. The molecule has 2 rings (SSSR count). The van der Waals surface area contributed by atoms with Crippen LogP contribution in [0.25, 0.3) is 0 Å². The van der Waals surface area contributed by atoms with Crippen LogP contribution in [0.4, 0.5) is 0 Å². The molecule has 1 fully saturated rings. The largest absolute Gasteiger partial charge is 0.333 e. The number of nitrogens with one attached hydrogen (secondary N) is 1. The Balaban J connectivity index is 1.94. The van der Waals surface area contributed by atoms with Crippen molar-refractivity contribution in [2.24, 2.45) is 0 Å². The summed E-state index contributed by atoms with van der Waals surface area (Å²) >= 11 is 0. The minimum absolute atomic E-state index is 0.599. The van der Waals surface area contributed by atoms with Gasteiger partial charge in [0.1, 0.15) is 0 Å². The Hall–Kier alpha value is -0.870. The van der Waals surface area contributed by atoms with E-state index in [2.05, 4.69) is 47.5 Å². The summed E-state index contributed by atoms with van der Waals surface area (Å²) in [6.45, 7) is 13.4. The highest BCUT2D eigenvalue weighted by atomic mass is 15.2. The fourth-order valence-electron chi connectivity index (χ4n) is 2.69. The molecule has 0 aromatic carbocycles. The number of hydrogen-bond donors (Lipinski definition) is 1. The second-order valence-corrected chi connectivity index (χ2v) is 5.79. The maximum atomic E-state index is 4.31. The molecular weight excluding hydrogens is 224 g/mol. The van der Waals surface area contributed by atoms with Crippen molar-refractivity contribution in [3.05, 3.63) is 18.2 Å². The van der Waals surface area contributed by atoms with E-state index in [4.69, 9.17) is 0 Å². The lowest BCUT2D eigenvalue weighted by atomic mass is 10.00. The molecule has 0 amide bonds. The van der Waals surface area contributed by atoms with E-state index in [9.17, 15) is 0 Å². The second kappa shape index (κ2) is 5.85. The summed E-state index contributed by atoms with van der Waals surface area (Å²) in [7, 11) is 0. The molecule has 0 atom stereocenters. The number of nitrogens with zero attached hydrogens (tertiary/aromatic N) is 3. The Labute approximate surface area is 110 Å². The van der Waals surface area contributed by atoms with Crippen molar-refractivity contribution in [2.75, 3.05) is 19.6 Å². The number of rotatable bonds is 6. The van der Waals surface area contributed by atoms with Crippen LogP contribution in [0, 0.1) is 0 Å². The molecule has 1 aliphatic rings. The summed E-state index contributed by atoms with van der Waals surface area (Å²) in [6.07, 6.45) is 4.01. The molecule has 4 heteroatoms. The van der Waals surface area contributed by atoms with E-state index in [1.165, 1.54) is 5.69 Å². The van der Waals surface area contributed by atoms with Gasteiger partial charge < -0.3 is 9.88 Å². The van der Waals surface area contributed by atoms with Gasteiger partial charge in [-0.25, -0.2) is 4.98 Å². The minimum atomic E-state index is 0.599. The zero-order chi connectivity index (χ0) is 13.1. The van der Waals surface area contributed by atoms with Crippen LogP contribution >= 0.6 is 0 Å². The average Bonchev–Trinajstić information content (AvgIpc) is 2.63. The molecule has 0 spiro atoms. The monoisotopic (exact) mass is 250 g/mol. The van der Waals surface area contributed by atoms with Crippen molar-refractivity contribution in [1.82, 2.24) is 19.8 Å². The molecule has 0 radical (unpaired) electrons. The predicted molar refractivity (Wildman–Crippen MR) is 74.8 cm³/mol. The Morgan fingerprint density at radius 2 is 2.00 bits per heavy atom. The molecule has 1 aromatic heterocycles. The van der Waals surface area contributed by atoms with Gasteiger partial charge in [0.05, 0.1) is 6.33 Å². The standard InChI is InChI=1S/C14H26N4/c1-11(2)18(12(3)4)6-5-17-10-16-9-14(17)13-7-15-8-13/h9-13,15H,5-8H2,1-4H3. The van der Waals surface area contributed by atoms with Crippen molar-refractivity contribution in [1.29, 1.82) is 0 Å². The Morgan fingerprint density at radius 1 is 1.33 bits per heavy atom. The molecule has 0 aliphatic carbocycles. The van der Waals surface area contributed by atoms with Crippen LogP contribution in [0.2, 0.25) is 0 Å². The zero-order valence-electron chi connectivity index (χ0n) is 12.1. The molecule has 1 N–H and O–H groups in total. The molecule has 1 aliphatic heterocycles. The first kappa shape index (κ1) is 13.6. The van der Waals surface area contributed by atoms with Crippen LogP contribution in [0.5, 0.6) is 0 Å². The second-order valence-electron chi connectivity index (χ2n) is 5.79. The first-order valence-corrected chi connectivity index (χ1v) is 7.06. The van der Waals surface area contributed by atoms with E-state index in [0.29, 0.717) is 18.0 Å². The van der Waals surface area contributed by atoms with Crippen molar-refractivity contribution >= 4 is 0 Å². The van der Waals surface area contributed by atoms with E-state index < -0.39 is 0 Å². The van der Waals surface area contributed by atoms with E-state index in [0.717, 1.165) is 26.2 Å². The van der Waals surface area contributed by atoms with Gasteiger partial charge in [-0.1, -0.05) is 0 Å². The fraction of sp³-hybridized carbons (Fsp3) is 0.786. The smallest absolute Gasteiger partial charge is 0.0948 e. The lowest BCUT2D eigenvalue weighted by molar-refractivity contribution is 0.167. The van der Waals surface area contributed by atoms with Crippen LogP contribution < -0.4 is 5.32 Å². The molecule has 0 unspecified atom stereocenters. The quantitative estimate of drug-likeness (QED) is 0.834. The van der Waals surface area contributed by atoms with Gasteiger partial charge in [-0.3, -0.25) is 4.90 Å². The molecular formula is C14H26N4. The number of aromatic nitrogens is 2. The SMILES string of the molecule is CC(C)N(CCn1cncc1C1CNC1)C(C)C. The summed E-state index contributed by atoms with van der Waals surface area (Å²) in [5.74, 6) is 0.666. The van der Waals surface area contributed by atoms with Crippen LogP contribution in [0.15, 0.2) is 12.5 Å².